The van der Waals surface area contributed by atoms with Crippen LogP contribution in [-0.4, -0.2) is 18.5 Å². The summed E-state index contributed by atoms with van der Waals surface area (Å²) in [5, 5.41) is 0. The first kappa shape index (κ1) is 7.04. The van der Waals surface area contributed by atoms with Gasteiger partial charge in [0.05, 0.1) is 5.60 Å². The maximum Gasteiger partial charge on any atom is 0.142 e. The minimum Gasteiger partial charge on any atom is -0.374 e. The van der Waals surface area contributed by atoms with E-state index in [9.17, 15) is 4.79 Å². The van der Waals surface area contributed by atoms with E-state index in [1.807, 2.05) is 6.08 Å². The van der Waals surface area contributed by atoms with Crippen LogP contribution in [0.2, 0.25) is 0 Å². The molecule has 3 aliphatic rings. The molecule has 11 heavy (non-hydrogen) atoms. The quantitative estimate of drug-likeness (QED) is 0.529. The van der Waals surface area contributed by atoms with Crippen molar-refractivity contribution in [2.75, 3.05) is 7.11 Å². The molecule has 2 heteroatoms. The van der Waals surface area contributed by atoms with Gasteiger partial charge in [-0.25, -0.2) is 0 Å². The number of hydrogen-bond donors (Lipinski definition) is 0. The smallest absolute Gasteiger partial charge is 0.142 e. The summed E-state index contributed by atoms with van der Waals surface area (Å²) < 4.78 is 5.33. The SMILES string of the molecule is COC12C=CC(CC1)C(=O)C2. The van der Waals surface area contributed by atoms with Gasteiger partial charge in [-0.15, -0.1) is 0 Å². The molecule has 1 fully saturated rings. The van der Waals surface area contributed by atoms with Crippen molar-refractivity contribution >= 4 is 5.78 Å². The van der Waals surface area contributed by atoms with E-state index in [2.05, 4.69) is 6.08 Å². The number of rotatable bonds is 1. The van der Waals surface area contributed by atoms with Gasteiger partial charge >= 0.3 is 0 Å². The summed E-state index contributed by atoms with van der Waals surface area (Å²) in [5.41, 5.74) is -0.230. The van der Waals surface area contributed by atoms with Crippen LogP contribution in [0.1, 0.15) is 19.3 Å². The van der Waals surface area contributed by atoms with Crippen LogP contribution in [0, 0.1) is 5.92 Å². The van der Waals surface area contributed by atoms with E-state index < -0.39 is 0 Å². The maximum atomic E-state index is 11.3. The third-order valence-corrected chi connectivity index (χ3v) is 2.80. The first-order valence-corrected chi connectivity index (χ1v) is 4.03. The number of allylic oxidation sites excluding steroid dienone is 1. The fraction of sp³-hybridized carbons (Fsp3) is 0.667. The van der Waals surface area contributed by atoms with Gasteiger partial charge in [0, 0.05) is 19.4 Å². The molecule has 2 nitrogen and oxygen atoms in total. The number of hydrogen-bond acceptors (Lipinski definition) is 2. The molecule has 0 aromatic carbocycles. The van der Waals surface area contributed by atoms with Crippen molar-refractivity contribution in [1.82, 2.24) is 0 Å². The summed E-state index contributed by atoms with van der Waals surface area (Å²) in [5.74, 6) is 0.549. The highest BCUT2D eigenvalue weighted by molar-refractivity contribution is 5.86. The van der Waals surface area contributed by atoms with Crippen LogP contribution in [0.4, 0.5) is 0 Å². The third kappa shape index (κ3) is 0.932. The number of Topliss-reactive ketones (excluding diaryl/α,β-unsaturated/α-hetero) is 1. The molecule has 3 aliphatic carbocycles. The predicted molar refractivity (Wildman–Crippen MR) is 41.2 cm³/mol. The standard InChI is InChI=1S/C9H12O2/c1-11-9-4-2-7(3-5-9)8(10)6-9/h2,4,7H,3,5-6H2,1H3. The van der Waals surface area contributed by atoms with E-state index in [-0.39, 0.29) is 11.5 Å². The zero-order chi connectivity index (χ0) is 7.90. The van der Waals surface area contributed by atoms with Gasteiger partial charge in [0.25, 0.3) is 0 Å². The van der Waals surface area contributed by atoms with Crippen molar-refractivity contribution in [3.8, 4) is 0 Å². The molecular weight excluding hydrogens is 140 g/mol. The largest absolute Gasteiger partial charge is 0.374 e. The second-order valence-corrected chi connectivity index (χ2v) is 3.42. The van der Waals surface area contributed by atoms with Gasteiger partial charge in [-0.05, 0) is 12.8 Å². The second kappa shape index (κ2) is 2.18. The fourth-order valence-electron chi connectivity index (χ4n) is 1.95. The van der Waals surface area contributed by atoms with E-state index >= 15 is 0 Å². The second-order valence-electron chi connectivity index (χ2n) is 3.42. The Morgan fingerprint density at radius 1 is 1.73 bits per heavy atom. The molecule has 2 bridgehead atoms. The van der Waals surface area contributed by atoms with Crippen LogP contribution in [0.3, 0.4) is 0 Å². The number of methoxy groups -OCH3 is 1. The zero-order valence-electron chi connectivity index (χ0n) is 6.67. The highest BCUT2D eigenvalue weighted by atomic mass is 16.5. The summed E-state index contributed by atoms with van der Waals surface area (Å²) in [6.45, 7) is 0. The van der Waals surface area contributed by atoms with E-state index in [0.29, 0.717) is 12.2 Å². The van der Waals surface area contributed by atoms with Gasteiger partial charge in [-0.2, -0.15) is 0 Å². The Kier molecular flexibility index (Phi) is 1.39. The predicted octanol–water partition coefficient (Wildman–Crippen LogP) is 1.31. The molecule has 0 aromatic heterocycles. The molecule has 3 rings (SSSR count). The monoisotopic (exact) mass is 152 g/mol. The van der Waals surface area contributed by atoms with Crippen LogP contribution in [0.15, 0.2) is 12.2 Å². The minimum absolute atomic E-state index is 0.201. The van der Waals surface area contributed by atoms with Gasteiger partial charge in [-0.1, -0.05) is 12.2 Å². The lowest BCUT2D eigenvalue weighted by Gasteiger charge is -2.39. The molecule has 1 saturated carbocycles. The molecule has 0 aromatic rings. The number of fused-ring (bicyclic) bond motifs is 2. The molecule has 60 valence electrons. The van der Waals surface area contributed by atoms with Crippen LogP contribution < -0.4 is 0 Å². The van der Waals surface area contributed by atoms with Crippen LogP contribution in [0.25, 0.3) is 0 Å². The van der Waals surface area contributed by atoms with Crippen molar-refractivity contribution in [1.29, 1.82) is 0 Å². The molecule has 0 aliphatic heterocycles. The third-order valence-electron chi connectivity index (χ3n) is 2.80. The Bertz CT molecular complexity index is 220. The van der Waals surface area contributed by atoms with Crippen molar-refractivity contribution in [3.05, 3.63) is 12.2 Å². The highest BCUT2D eigenvalue weighted by Gasteiger charge is 2.41. The lowest BCUT2D eigenvalue weighted by atomic mass is 9.72. The van der Waals surface area contributed by atoms with Gasteiger partial charge in [0.2, 0.25) is 0 Å². The topological polar surface area (TPSA) is 26.3 Å². The number of ketones is 1. The lowest BCUT2D eigenvalue weighted by molar-refractivity contribution is -0.132. The van der Waals surface area contributed by atoms with E-state index in [4.69, 9.17) is 4.74 Å². The molecule has 0 N–H and O–H groups in total. The fourth-order valence-corrected chi connectivity index (χ4v) is 1.95. The summed E-state index contributed by atoms with van der Waals surface area (Å²) >= 11 is 0. The van der Waals surface area contributed by atoms with Gasteiger partial charge in [-0.3, -0.25) is 4.79 Å². The van der Waals surface area contributed by atoms with E-state index in [1.165, 1.54) is 0 Å². The van der Waals surface area contributed by atoms with Crippen molar-refractivity contribution in [3.63, 3.8) is 0 Å². The van der Waals surface area contributed by atoms with E-state index in [0.717, 1.165) is 12.8 Å². The minimum atomic E-state index is -0.230. The molecule has 0 saturated heterocycles. The summed E-state index contributed by atoms with van der Waals surface area (Å²) in [6.07, 6.45) is 6.63. The maximum absolute atomic E-state index is 11.3. The molecule has 0 radical (unpaired) electrons. The first-order chi connectivity index (χ1) is 5.26. The Morgan fingerprint density at radius 2 is 2.55 bits per heavy atom. The van der Waals surface area contributed by atoms with Gasteiger partial charge in [0.15, 0.2) is 0 Å². The van der Waals surface area contributed by atoms with Crippen molar-refractivity contribution in [2.45, 2.75) is 24.9 Å². The zero-order valence-corrected chi connectivity index (χ0v) is 6.67. The molecule has 2 unspecified atom stereocenters. The average molecular weight is 152 g/mol. The summed E-state index contributed by atoms with van der Waals surface area (Å²) in [6, 6.07) is 0. The Labute approximate surface area is 66.2 Å². The number of carbonyl (C=O) groups is 1. The molecule has 2 atom stereocenters. The van der Waals surface area contributed by atoms with Crippen molar-refractivity contribution in [2.24, 2.45) is 5.92 Å². The lowest BCUT2D eigenvalue weighted by Crippen LogP contribution is -2.42. The number of ether oxygens (including phenoxy) is 1. The first-order valence-electron chi connectivity index (χ1n) is 4.03. The van der Waals surface area contributed by atoms with Crippen LogP contribution in [0.5, 0.6) is 0 Å². The van der Waals surface area contributed by atoms with Gasteiger partial charge < -0.3 is 4.74 Å². The molecule has 0 amide bonds. The summed E-state index contributed by atoms with van der Waals surface area (Å²) in [4.78, 5) is 11.3. The Balaban J connectivity index is 2.31. The van der Waals surface area contributed by atoms with Crippen LogP contribution in [-0.2, 0) is 9.53 Å². The highest BCUT2D eigenvalue weighted by Crippen LogP contribution is 2.38. The van der Waals surface area contributed by atoms with Crippen molar-refractivity contribution < 1.29 is 9.53 Å². The van der Waals surface area contributed by atoms with Gasteiger partial charge in [0.1, 0.15) is 5.78 Å². The Morgan fingerprint density at radius 3 is 2.91 bits per heavy atom. The average Bonchev–Trinajstić information content (AvgIpc) is 2.06. The summed E-state index contributed by atoms with van der Waals surface area (Å²) in [7, 11) is 1.68. The number of carbonyl (C=O) groups excluding carboxylic acids is 1. The normalized spacial score (nSPS) is 41.5. The Hall–Kier alpha value is -0.630. The van der Waals surface area contributed by atoms with Crippen LogP contribution >= 0.6 is 0 Å². The molecule has 0 spiro atoms. The van der Waals surface area contributed by atoms with E-state index in [1.54, 1.807) is 7.11 Å². The molecular formula is C9H12O2. The molecule has 0 heterocycles.